The van der Waals surface area contributed by atoms with Crippen molar-refractivity contribution < 1.29 is 24.2 Å². The third kappa shape index (κ3) is 7.89. The number of carboxylic acids is 1. The maximum absolute atomic E-state index is 13.1. The molecule has 2 N–H and O–H groups in total. The minimum Gasteiger partial charge on any atom is -0.492 e. The van der Waals surface area contributed by atoms with Crippen LogP contribution >= 0.6 is 0 Å². The molecule has 5 rings (SSSR count). The average molecular weight is 577 g/mol. The molecule has 0 spiro atoms. The molecule has 4 aromatic carbocycles. The number of anilines is 1. The van der Waals surface area contributed by atoms with Crippen molar-refractivity contribution in [3.05, 3.63) is 131 Å². The number of aliphatic carboxylic acids is 1. The fraction of sp³-hybridized carbons (Fsp3) is 0.250. The Labute approximate surface area is 252 Å². The summed E-state index contributed by atoms with van der Waals surface area (Å²) >= 11 is 0. The molecule has 1 atom stereocenters. The van der Waals surface area contributed by atoms with E-state index < -0.39 is 12.0 Å². The number of para-hydroxylation sites is 1. The zero-order valence-corrected chi connectivity index (χ0v) is 24.0. The highest BCUT2D eigenvalue weighted by Gasteiger charge is 2.29. The summed E-state index contributed by atoms with van der Waals surface area (Å²) in [6, 6.07) is 32.2. The number of carbonyl (C=O) groups is 3. The maximum atomic E-state index is 13.1. The van der Waals surface area contributed by atoms with E-state index in [9.17, 15) is 19.5 Å². The molecular weight excluding hydrogens is 540 g/mol. The number of nitrogens with zero attached hydrogens (tertiary/aromatic N) is 1. The lowest BCUT2D eigenvalue weighted by molar-refractivity contribution is -0.139. The molecule has 0 bridgehead atoms. The highest BCUT2D eigenvalue weighted by molar-refractivity contribution is 6.12. The van der Waals surface area contributed by atoms with Gasteiger partial charge in [-0.3, -0.25) is 9.59 Å². The van der Waals surface area contributed by atoms with E-state index in [2.05, 4.69) is 5.32 Å². The summed E-state index contributed by atoms with van der Waals surface area (Å²) in [5.74, 6) is -0.239. The zero-order chi connectivity index (χ0) is 30.0. The van der Waals surface area contributed by atoms with Gasteiger partial charge in [0.05, 0.1) is 6.54 Å². The van der Waals surface area contributed by atoms with E-state index in [0.29, 0.717) is 42.3 Å². The van der Waals surface area contributed by atoms with Crippen molar-refractivity contribution in [1.82, 2.24) is 4.90 Å². The van der Waals surface area contributed by atoms with Crippen LogP contribution in [0.5, 0.6) is 5.75 Å². The zero-order valence-electron chi connectivity index (χ0n) is 24.0. The molecule has 1 aliphatic carbocycles. The second kappa shape index (κ2) is 14.3. The first-order valence-electron chi connectivity index (χ1n) is 14.7. The lowest BCUT2D eigenvalue weighted by Gasteiger charge is -2.31. The molecule has 1 aliphatic rings. The number of amides is 1. The average Bonchev–Trinajstić information content (AvgIpc) is 3.01. The molecule has 1 saturated carbocycles. The van der Waals surface area contributed by atoms with Gasteiger partial charge in [-0.25, -0.2) is 4.79 Å². The van der Waals surface area contributed by atoms with Crippen molar-refractivity contribution in [2.45, 2.75) is 38.3 Å². The quantitative estimate of drug-likeness (QED) is 0.173. The number of carboxylic acid groups (broad SMARTS) is 1. The number of nitrogens with one attached hydrogen (secondary N) is 1. The standard InChI is InChI=1S/C36H36N2O5/c39-34(28-12-5-2-6-13-28)31-16-7-8-17-32(31)37-33(36(41)42)24-26-18-20-30(21-19-26)43-23-22-38(35(40)29-14-9-15-29)25-27-10-3-1-4-11-27/h1-8,10-13,16-21,29,33,37H,9,14-15,22-25H2,(H,41,42)/t33-/m0/s1. The van der Waals surface area contributed by atoms with Crippen molar-refractivity contribution in [3.8, 4) is 5.75 Å². The Morgan fingerprint density at radius 2 is 1.47 bits per heavy atom. The maximum Gasteiger partial charge on any atom is 0.326 e. The first-order chi connectivity index (χ1) is 21.0. The summed E-state index contributed by atoms with van der Waals surface area (Å²) in [6.07, 6.45) is 3.22. The molecule has 0 unspecified atom stereocenters. The lowest BCUT2D eigenvalue weighted by atomic mass is 9.84. The number of rotatable bonds is 14. The van der Waals surface area contributed by atoms with E-state index in [4.69, 9.17) is 4.74 Å². The number of carbonyl (C=O) groups excluding carboxylic acids is 2. The fourth-order valence-corrected chi connectivity index (χ4v) is 5.16. The van der Waals surface area contributed by atoms with Crippen molar-refractivity contribution in [1.29, 1.82) is 0 Å². The summed E-state index contributed by atoms with van der Waals surface area (Å²) in [5.41, 5.74) is 3.33. The molecule has 0 heterocycles. The summed E-state index contributed by atoms with van der Waals surface area (Å²) < 4.78 is 5.98. The van der Waals surface area contributed by atoms with Gasteiger partial charge in [0.1, 0.15) is 18.4 Å². The molecule has 220 valence electrons. The molecule has 43 heavy (non-hydrogen) atoms. The number of benzene rings is 4. The SMILES string of the molecule is O=C(c1ccccc1)c1ccccc1N[C@@H](Cc1ccc(OCCN(Cc2ccccc2)C(=O)C2CCC2)cc1)C(=O)O. The van der Waals surface area contributed by atoms with Gasteiger partial charge in [0.15, 0.2) is 5.78 Å². The molecular formula is C36H36N2O5. The molecule has 1 amide bonds. The molecule has 0 radical (unpaired) electrons. The third-order valence-electron chi connectivity index (χ3n) is 7.81. The Morgan fingerprint density at radius 3 is 2.12 bits per heavy atom. The van der Waals surface area contributed by atoms with Gasteiger partial charge in [0, 0.05) is 35.7 Å². The number of hydrogen-bond acceptors (Lipinski definition) is 5. The van der Waals surface area contributed by atoms with Gasteiger partial charge in [0.2, 0.25) is 5.91 Å². The van der Waals surface area contributed by atoms with Crippen LogP contribution in [-0.4, -0.2) is 46.9 Å². The number of ketones is 1. The van der Waals surface area contributed by atoms with Crippen LogP contribution in [-0.2, 0) is 22.6 Å². The minimum absolute atomic E-state index is 0.113. The number of ether oxygens (including phenoxy) is 1. The van der Waals surface area contributed by atoms with Crippen molar-refractivity contribution in [2.75, 3.05) is 18.5 Å². The lowest BCUT2D eigenvalue weighted by Crippen LogP contribution is -2.40. The van der Waals surface area contributed by atoms with Gasteiger partial charge >= 0.3 is 5.97 Å². The van der Waals surface area contributed by atoms with Gasteiger partial charge in [0.25, 0.3) is 0 Å². The first-order valence-corrected chi connectivity index (χ1v) is 14.7. The van der Waals surface area contributed by atoms with Gasteiger partial charge < -0.3 is 20.1 Å². The summed E-state index contributed by atoms with van der Waals surface area (Å²) in [6.45, 7) is 1.40. The van der Waals surface area contributed by atoms with Crippen LogP contribution in [0.1, 0.15) is 46.3 Å². The Bertz CT molecular complexity index is 1520. The van der Waals surface area contributed by atoms with Crippen molar-refractivity contribution in [3.63, 3.8) is 0 Å². The topological polar surface area (TPSA) is 95.9 Å². The molecule has 0 aliphatic heterocycles. The van der Waals surface area contributed by atoms with Gasteiger partial charge in [-0.15, -0.1) is 0 Å². The Hall–Kier alpha value is -4.91. The normalized spacial score (nSPS) is 13.4. The molecule has 0 aromatic heterocycles. The Morgan fingerprint density at radius 1 is 0.814 bits per heavy atom. The van der Waals surface area contributed by atoms with Gasteiger partial charge in [-0.2, -0.15) is 0 Å². The highest BCUT2D eigenvalue weighted by Crippen LogP contribution is 2.29. The van der Waals surface area contributed by atoms with Crippen LogP contribution in [0.15, 0.2) is 109 Å². The van der Waals surface area contributed by atoms with Crippen LogP contribution in [0.3, 0.4) is 0 Å². The largest absolute Gasteiger partial charge is 0.492 e. The summed E-state index contributed by atoms with van der Waals surface area (Å²) in [4.78, 5) is 40.2. The van der Waals surface area contributed by atoms with E-state index in [1.165, 1.54) is 0 Å². The van der Waals surface area contributed by atoms with Gasteiger partial charge in [-0.1, -0.05) is 91.3 Å². The molecule has 0 saturated heterocycles. The summed E-state index contributed by atoms with van der Waals surface area (Å²) in [7, 11) is 0. The predicted molar refractivity (Wildman–Crippen MR) is 166 cm³/mol. The number of hydrogen-bond donors (Lipinski definition) is 2. The van der Waals surface area contributed by atoms with Crippen LogP contribution in [0, 0.1) is 5.92 Å². The van der Waals surface area contributed by atoms with E-state index in [1.807, 2.05) is 65.6 Å². The fourth-order valence-electron chi connectivity index (χ4n) is 5.16. The van der Waals surface area contributed by atoms with Crippen LogP contribution in [0.25, 0.3) is 0 Å². The Kier molecular flexibility index (Phi) is 9.85. The first kappa shape index (κ1) is 29.6. The molecule has 7 heteroatoms. The molecule has 1 fully saturated rings. The third-order valence-corrected chi connectivity index (χ3v) is 7.81. The Balaban J connectivity index is 1.19. The van der Waals surface area contributed by atoms with Crippen molar-refractivity contribution >= 4 is 23.3 Å². The second-order valence-electron chi connectivity index (χ2n) is 10.8. The van der Waals surface area contributed by atoms with E-state index in [1.54, 1.807) is 48.5 Å². The van der Waals surface area contributed by atoms with Crippen molar-refractivity contribution in [2.24, 2.45) is 5.92 Å². The minimum atomic E-state index is -1.02. The molecule has 4 aromatic rings. The monoisotopic (exact) mass is 576 g/mol. The highest BCUT2D eigenvalue weighted by atomic mass is 16.5. The van der Waals surface area contributed by atoms with Crippen LogP contribution in [0.4, 0.5) is 5.69 Å². The van der Waals surface area contributed by atoms with Crippen LogP contribution in [0.2, 0.25) is 0 Å². The smallest absolute Gasteiger partial charge is 0.326 e. The van der Waals surface area contributed by atoms with E-state index >= 15 is 0 Å². The van der Waals surface area contributed by atoms with Crippen LogP contribution < -0.4 is 10.1 Å². The van der Waals surface area contributed by atoms with E-state index in [0.717, 1.165) is 30.4 Å². The molecule has 7 nitrogen and oxygen atoms in total. The second-order valence-corrected chi connectivity index (χ2v) is 10.8. The predicted octanol–water partition coefficient (Wildman–Crippen LogP) is 6.23. The van der Waals surface area contributed by atoms with E-state index in [-0.39, 0.29) is 24.0 Å². The van der Waals surface area contributed by atoms with Gasteiger partial charge in [-0.05, 0) is 48.2 Å². The summed E-state index contributed by atoms with van der Waals surface area (Å²) in [5, 5.41) is 13.0.